The number of aromatic amines is 2. The van der Waals surface area contributed by atoms with Crippen molar-refractivity contribution >= 4 is 70.0 Å². The average Bonchev–Trinajstić information content (AvgIpc) is 1.57. The van der Waals surface area contributed by atoms with Crippen molar-refractivity contribution in [3.8, 4) is 23.0 Å². The summed E-state index contributed by atoms with van der Waals surface area (Å²) in [6.07, 6.45) is -20.8. The van der Waals surface area contributed by atoms with Crippen molar-refractivity contribution in [3.05, 3.63) is 197 Å². The average molecular weight is 1440 g/mol. The molecule has 0 saturated carbocycles. The Morgan fingerprint density at radius 1 is 0.646 bits per heavy atom. The molecule has 2 aliphatic rings. The van der Waals surface area contributed by atoms with Crippen molar-refractivity contribution in [2.75, 3.05) is 26.2 Å². The van der Waals surface area contributed by atoms with Gasteiger partial charge in [0.2, 0.25) is 5.78 Å². The maximum absolute atomic E-state index is 16.0. The van der Waals surface area contributed by atoms with E-state index in [9.17, 15) is 108 Å². The molecule has 0 fully saturated rings. The molecule has 1 amide bonds. The van der Waals surface area contributed by atoms with E-state index in [1.807, 2.05) is 0 Å². The number of aliphatic imine (C=N–C) groups is 1. The zero-order valence-electron chi connectivity index (χ0n) is 51.0. The van der Waals surface area contributed by atoms with Crippen LogP contribution in [0, 0.1) is 25.5 Å². The number of hydrogen-bond acceptors (Lipinski definition) is 14. The number of H-pyrrole nitrogens is 2. The highest BCUT2D eigenvalue weighted by atomic mass is 35.5. The Labute approximate surface area is 549 Å². The van der Waals surface area contributed by atoms with Gasteiger partial charge in [0.15, 0.2) is 23.2 Å². The highest BCUT2D eigenvalue weighted by Crippen LogP contribution is 2.48. The lowest BCUT2D eigenvalue weighted by Gasteiger charge is -2.31. The topological polar surface area (TPSA) is 247 Å². The molecule has 4 N–H and O–H groups in total. The van der Waals surface area contributed by atoms with E-state index in [-0.39, 0.29) is 117 Å². The fourth-order valence-corrected chi connectivity index (χ4v) is 9.40. The number of oxazole rings is 2. The van der Waals surface area contributed by atoms with Crippen LogP contribution in [0.15, 0.2) is 132 Å². The number of nitrogens with two attached hydrogens (primary N) is 1. The summed E-state index contributed by atoms with van der Waals surface area (Å²) in [6, 6.07) is 12.4. The quantitative estimate of drug-likeness (QED) is 0.0216. The normalized spacial score (nSPS) is 14.1. The molecule has 17 nitrogen and oxygen atoms in total. The van der Waals surface area contributed by atoms with E-state index in [2.05, 4.69) is 25.4 Å². The molecule has 36 heteroatoms. The third-order valence-electron chi connectivity index (χ3n) is 13.7. The molecule has 2 aliphatic heterocycles. The molecule has 1 unspecified atom stereocenters. The number of nitrogens with one attached hydrogen (secondary N) is 2. The first-order chi connectivity index (χ1) is 45.3. The first-order valence-corrected chi connectivity index (χ1v) is 27.8. The zero-order valence-corrected chi connectivity index (χ0v) is 51.8. The van der Waals surface area contributed by atoms with Gasteiger partial charge >= 0.3 is 42.2 Å². The number of Topliss-reactive ketones (excluding diaryl/α,β-unsaturated/α-hetero) is 2. The molecule has 10 rings (SSSR count). The minimum atomic E-state index is -5.16. The van der Waals surface area contributed by atoms with Crippen LogP contribution >= 0.6 is 12.4 Å². The summed E-state index contributed by atoms with van der Waals surface area (Å²) in [6.45, 7) is 3.68. The summed E-state index contributed by atoms with van der Waals surface area (Å²) in [7, 11) is 0. The monoisotopic (exact) mass is 1440 g/mol. The number of para-hydroxylation sites is 2. The van der Waals surface area contributed by atoms with Gasteiger partial charge in [-0.15, -0.1) is 12.4 Å². The summed E-state index contributed by atoms with van der Waals surface area (Å²) in [4.78, 5) is 91.8. The number of amides is 1. The van der Waals surface area contributed by atoms with Crippen LogP contribution in [0.5, 0.6) is 23.0 Å². The van der Waals surface area contributed by atoms with E-state index in [0.717, 1.165) is 24.0 Å². The number of alkyl halides is 16. The Bertz CT molecular complexity index is 4530. The number of fused-ring (bicyclic) bond motifs is 2. The fraction of sp³-hybridized carbons (Fsp3) is 0.270. The first-order valence-electron chi connectivity index (χ1n) is 27.8. The second-order valence-corrected chi connectivity index (χ2v) is 21.5. The standard InChI is InChI=1S/C31H20F9N3O4.C16H9F7O2.C13H11NO6.C3H7F2N.ClH/c1-13-6-18(20(32)10-22(13)46-16-8-14(30(35,36)37)7-15(9-16)31(38,39)40)25-23-19(27(44)43(25)12-29(2,33)34)11-41-24(23)17-4-3-5-21-26(17)47-28(45)42-21;1-8-2-9(7-24)13(17)6-14(8)25-12-4-10(15(18,19)20)3-11(5-12)16(21,22)23;1-2-19-12(17)10(16)6-9(15)7-4-3-5-8-11(7)20-13(18)14-8;1-3(4,5)2-6;/h3-10,25H,11-12H2,1-2H3,(H,42,45);2-7H,1H3;3-5H,2,6H2,1H3,(H,14,18);2,6H2,1H3;1H. The van der Waals surface area contributed by atoms with Crippen molar-refractivity contribution < 1.29 is 126 Å². The van der Waals surface area contributed by atoms with Gasteiger partial charge in [0, 0.05) is 48.3 Å². The van der Waals surface area contributed by atoms with Gasteiger partial charge in [-0.05, 0) is 105 Å². The molecule has 2 aromatic heterocycles. The summed E-state index contributed by atoms with van der Waals surface area (Å²) in [5, 5.41) is 0. The van der Waals surface area contributed by atoms with Crippen LogP contribution in [0.4, 0.5) is 79.0 Å². The van der Waals surface area contributed by atoms with Gasteiger partial charge in [0.1, 0.15) is 34.6 Å². The van der Waals surface area contributed by atoms with Crippen LogP contribution in [0.25, 0.3) is 22.2 Å². The first kappa shape index (κ1) is 77.8. The second-order valence-electron chi connectivity index (χ2n) is 21.5. The Balaban J connectivity index is 0.000000248. The third kappa shape index (κ3) is 19.1. The number of carbonyl (C=O) groups excluding carboxylic acids is 5. The van der Waals surface area contributed by atoms with Crippen molar-refractivity contribution in [3.63, 3.8) is 0 Å². The van der Waals surface area contributed by atoms with Crippen LogP contribution in [-0.4, -0.2) is 88.4 Å². The van der Waals surface area contributed by atoms with E-state index >= 15 is 4.39 Å². The Morgan fingerprint density at radius 3 is 1.56 bits per heavy atom. The van der Waals surface area contributed by atoms with E-state index < -0.39 is 148 Å². The van der Waals surface area contributed by atoms with Crippen LogP contribution < -0.4 is 26.7 Å². The Hall–Kier alpha value is -10.2. The number of aryl methyl sites for hydroxylation is 2. The number of ether oxygens (including phenoxy) is 3. The van der Waals surface area contributed by atoms with E-state index in [1.54, 1.807) is 19.1 Å². The second kappa shape index (κ2) is 29.9. The lowest BCUT2D eigenvalue weighted by Crippen LogP contribution is -2.40. The highest BCUT2D eigenvalue weighted by molar-refractivity contribution is 6.38. The number of esters is 1. The number of halogens is 19. The van der Waals surface area contributed by atoms with Crippen LogP contribution in [0.2, 0.25) is 0 Å². The molecule has 1 atom stereocenters. The molecule has 99 heavy (non-hydrogen) atoms. The van der Waals surface area contributed by atoms with Gasteiger partial charge in [-0.3, -0.25) is 34.1 Å². The highest BCUT2D eigenvalue weighted by Gasteiger charge is 2.49. The molecule has 6 aromatic carbocycles. The van der Waals surface area contributed by atoms with E-state index in [1.165, 1.54) is 38.1 Å². The lowest BCUT2D eigenvalue weighted by atomic mass is 9.90. The summed E-state index contributed by atoms with van der Waals surface area (Å²) in [5.74, 6) is -15.7. The molecular formula is C63H48ClF18N5O12. The third-order valence-corrected chi connectivity index (χ3v) is 13.7. The van der Waals surface area contributed by atoms with Crippen LogP contribution in [-0.2, 0) is 43.8 Å². The van der Waals surface area contributed by atoms with Crippen molar-refractivity contribution in [2.24, 2.45) is 10.7 Å². The number of aromatic nitrogens is 2. The van der Waals surface area contributed by atoms with Gasteiger partial charge in [0.25, 0.3) is 17.8 Å². The molecule has 0 radical (unpaired) electrons. The lowest BCUT2D eigenvalue weighted by molar-refractivity contribution is -0.153. The predicted molar refractivity (Wildman–Crippen MR) is 315 cm³/mol. The molecule has 0 saturated heterocycles. The van der Waals surface area contributed by atoms with Gasteiger partial charge in [-0.25, -0.2) is 40.7 Å². The maximum Gasteiger partial charge on any atom is 0.417 e. The molecule has 0 spiro atoms. The number of carbonyl (C=O) groups is 5. The van der Waals surface area contributed by atoms with E-state index in [0.29, 0.717) is 48.8 Å². The molecule has 0 aliphatic carbocycles. The van der Waals surface area contributed by atoms with Gasteiger partial charge in [0.05, 0.1) is 88.8 Å². The number of rotatable bonds is 15. The molecule has 530 valence electrons. The Morgan fingerprint density at radius 2 is 1.10 bits per heavy atom. The predicted octanol–water partition coefficient (Wildman–Crippen LogP) is 15.4. The molecule has 4 heterocycles. The summed E-state index contributed by atoms with van der Waals surface area (Å²) in [5.41, 5.74) is -1.18. The maximum atomic E-state index is 16.0. The number of nitrogens with zero attached hydrogens (tertiary/aromatic N) is 2. The number of ketones is 2. The fourth-order valence-electron chi connectivity index (χ4n) is 9.40. The molecular weight excluding hydrogens is 1400 g/mol. The number of benzene rings is 6. The largest absolute Gasteiger partial charge is 0.460 e. The summed E-state index contributed by atoms with van der Waals surface area (Å²) >= 11 is 0. The van der Waals surface area contributed by atoms with Crippen molar-refractivity contribution in [1.82, 2.24) is 14.9 Å². The minimum absolute atomic E-state index is 0. The van der Waals surface area contributed by atoms with Gasteiger partial charge < -0.3 is 33.7 Å². The van der Waals surface area contributed by atoms with Crippen LogP contribution in [0.1, 0.15) is 98.5 Å². The minimum Gasteiger partial charge on any atom is -0.460 e. The summed E-state index contributed by atoms with van der Waals surface area (Å²) < 4.78 is 263. The zero-order chi connectivity index (χ0) is 73.1. The SMILES string of the molecule is CC(F)(F)CN.CCOC(=O)C(=O)CC(=O)c1cccc2[nH]c(=O)oc12.Cc1cc(C2C3=C(CN=C3c3cccc4[nH]c(=O)oc34)C(=O)N2CC(C)(F)F)c(F)cc1Oc1cc(C(F)(F)F)cc(C(F)(F)F)c1.Cc1cc(C=O)c(F)cc1Oc1cc(C(F)(F)F)cc(C(F)(F)F)c1.Cl. The van der Waals surface area contributed by atoms with Crippen LogP contribution in [0.3, 0.4) is 0 Å². The van der Waals surface area contributed by atoms with Crippen molar-refractivity contribution in [2.45, 2.75) is 83.6 Å². The molecule has 0 bridgehead atoms. The smallest absolute Gasteiger partial charge is 0.417 e. The van der Waals surface area contributed by atoms with Crippen molar-refractivity contribution in [1.29, 1.82) is 0 Å². The van der Waals surface area contributed by atoms with E-state index in [4.69, 9.17) is 18.3 Å². The number of aldehydes is 1. The van der Waals surface area contributed by atoms with Gasteiger partial charge in [-0.2, -0.15) is 52.7 Å². The van der Waals surface area contributed by atoms with Gasteiger partial charge in [-0.1, -0.05) is 12.1 Å². The number of hydrogen-bond donors (Lipinski definition) is 3. The Kier molecular flexibility index (Phi) is 23.5. The molecule has 8 aromatic rings.